The third-order valence-electron chi connectivity index (χ3n) is 5.93. The molecule has 2 fully saturated rings. The third-order valence-corrected chi connectivity index (χ3v) is 5.93. The second-order valence-electron chi connectivity index (χ2n) is 7.70. The van der Waals surface area contributed by atoms with Crippen LogP contribution in [0.3, 0.4) is 0 Å². The largest absolute Gasteiger partial charge is 0.453 e. The number of fused-ring (bicyclic) bond motifs is 1. The normalized spacial score (nSPS) is 21.4. The zero-order chi connectivity index (χ0) is 18.9. The zero-order valence-electron chi connectivity index (χ0n) is 15.3. The smallest absolute Gasteiger partial charge is 0.367 e. The summed E-state index contributed by atoms with van der Waals surface area (Å²) in [6.07, 6.45) is 5.07. The van der Waals surface area contributed by atoms with E-state index in [4.69, 9.17) is 0 Å². The van der Waals surface area contributed by atoms with E-state index in [1.807, 2.05) is 0 Å². The first-order valence-corrected chi connectivity index (χ1v) is 9.77. The first kappa shape index (κ1) is 18.5. The summed E-state index contributed by atoms with van der Waals surface area (Å²) in [5.41, 5.74) is 0.173. The minimum atomic E-state index is -4.58. The van der Waals surface area contributed by atoms with E-state index >= 15 is 0 Å². The van der Waals surface area contributed by atoms with Gasteiger partial charge in [-0.05, 0) is 50.9 Å². The minimum Gasteiger partial charge on any atom is -0.367 e. The van der Waals surface area contributed by atoms with Crippen molar-refractivity contribution in [1.29, 1.82) is 0 Å². The number of piperidine rings is 1. The van der Waals surface area contributed by atoms with E-state index in [0.717, 1.165) is 30.4 Å². The van der Waals surface area contributed by atoms with Crippen LogP contribution in [-0.2, 0) is 6.18 Å². The van der Waals surface area contributed by atoms with Gasteiger partial charge in [0.05, 0.1) is 0 Å². The summed E-state index contributed by atoms with van der Waals surface area (Å²) in [6.45, 7) is 2.92. The molecule has 1 saturated carbocycles. The second-order valence-corrected chi connectivity index (χ2v) is 7.70. The summed E-state index contributed by atoms with van der Waals surface area (Å²) in [7, 11) is 0. The fraction of sp³-hybridized carbons (Fsp3) is 0.722. The molecule has 27 heavy (non-hydrogen) atoms. The van der Waals surface area contributed by atoms with Gasteiger partial charge in [-0.1, -0.05) is 25.7 Å². The quantitative estimate of drug-likeness (QED) is 0.873. The van der Waals surface area contributed by atoms with Crippen LogP contribution in [0.1, 0.15) is 57.2 Å². The van der Waals surface area contributed by atoms with Gasteiger partial charge in [-0.3, -0.25) is 4.90 Å². The Morgan fingerprint density at radius 3 is 2.37 bits per heavy atom. The molecule has 0 radical (unpaired) electrons. The Labute approximate surface area is 156 Å². The van der Waals surface area contributed by atoms with Gasteiger partial charge in [0.15, 0.2) is 5.65 Å². The van der Waals surface area contributed by atoms with Crippen molar-refractivity contribution in [1.82, 2.24) is 24.7 Å². The van der Waals surface area contributed by atoms with Gasteiger partial charge in [0.25, 0.3) is 5.82 Å². The predicted octanol–water partition coefficient (Wildman–Crippen LogP) is 3.74. The molecule has 3 heterocycles. The number of alkyl halides is 3. The van der Waals surface area contributed by atoms with Gasteiger partial charge in [-0.2, -0.15) is 17.7 Å². The molecule has 4 rings (SSSR count). The second kappa shape index (κ2) is 7.26. The van der Waals surface area contributed by atoms with Crippen LogP contribution < -0.4 is 5.32 Å². The maximum absolute atomic E-state index is 13.1. The summed E-state index contributed by atoms with van der Waals surface area (Å²) in [4.78, 5) is 2.60. The predicted molar refractivity (Wildman–Crippen MR) is 95.5 cm³/mol. The van der Waals surface area contributed by atoms with Gasteiger partial charge in [0.2, 0.25) is 0 Å². The molecule has 2 aliphatic rings. The standard InChI is InChI=1S/C18H25F3N6/c19-18(20,21)16-24-23-15-8-7-14(25-27(15)16)22-13-17(9-3-1-4-10-17)26-11-5-2-6-12-26/h7-8H,1-6,9-13H2,(H,22,25). The highest BCUT2D eigenvalue weighted by Gasteiger charge is 2.39. The minimum absolute atomic E-state index is 0.0787. The molecule has 0 atom stereocenters. The van der Waals surface area contributed by atoms with Gasteiger partial charge < -0.3 is 5.32 Å². The number of halogens is 3. The van der Waals surface area contributed by atoms with Gasteiger partial charge in [0.1, 0.15) is 5.82 Å². The van der Waals surface area contributed by atoms with Gasteiger partial charge >= 0.3 is 6.18 Å². The van der Waals surface area contributed by atoms with E-state index in [9.17, 15) is 13.2 Å². The highest BCUT2D eigenvalue weighted by Crippen LogP contribution is 2.36. The lowest BCUT2D eigenvalue weighted by molar-refractivity contribution is -0.146. The molecule has 0 bridgehead atoms. The van der Waals surface area contributed by atoms with Crippen molar-refractivity contribution < 1.29 is 13.2 Å². The number of aromatic nitrogens is 4. The van der Waals surface area contributed by atoms with Crippen molar-refractivity contribution in [2.75, 3.05) is 25.0 Å². The Kier molecular flexibility index (Phi) is 4.96. The topological polar surface area (TPSA) is 58.4 Å². The highest BCUT2D eigenvalue weighted by atomic mass is 19.4. The average molecular weight is 382 g/mol. The van der Waals surface area contributed by atoms with Crippen LogP contribution in [0.4, 0.5) is 19.0 Å². The van der Waals surface area contributed by atoms with Crippen molar-refractivity contribution in [2.24, 2.45) is 0 Å². The Bertz CT molecular complexity index is 775. The fourth-order valence-corrected chi connectivity index (χ4v) is 4.50. The SMILES string of the molecule is FC(F)(F)c1nnc2ccc(NCC3(N4CCCCC4)CCCCC3)nn12. The van der Waals surface area contributed by atoms with Crippen molar-refractivity contribution in [3.05, 3.63) is 18.0 Å². The number of hydrogen-bond acceptors (Lipinski definition) is 5. The van der Waals surface area contributed by atoms with Crippen LogP contribution in [0, 0.1) is 0 Å². The van der Waals surface area contributed by atoms with E-state index in [2.05, 4.69) is 25.5 Å². The lowest BCUT2D eigenvalue weighted by Gasteiger charge is -2.48. The molecule has 148 valence electrons. The molecule has 6 nitrogen and oxygen atoms in total. The lowest BCUT2D eigenvalue weighted by atomic mass is 9.79. The maximum Gasteiger partial charge on any atom is 0.453 e. The number of rotatable bonds is 4. The molecule has 0 aromatic carbocycles. The molecular formula is C18H25F3N6. The monoisotopic (exact) mass is 382 g/mol. The van der Waals surface area contributed by atoms with Gasteiger partial charge in [-0.15, -0.1) is 15.3 Å². The maximum atomic E-state index is 13.1. The van der Waals surface area contributed by atoms with E-state index in [1.54, 1.807) is 6.07 Å². The molecule has 9 heteroatoms. The fourth-order valence-electron chi connectivity index (χ4n) is 4.50. The first-order valence-electron chi connectivity index (χ1n) is 9.77. The molecule has 2 aromatic heterocycles. The number of nitrogens with zero attached hydrogens (tertiary/aromatic N) is 5. The summed E-state index contributed by atoms with van der Waals surface area (Å²) < 4.78 is 40.0. The van der Waals surface area contributed by atoms with Crippen LogP contribution in [-0.4, -0.2) is 49.9 Å². The molecule has 1 aliphatic carbocycles. The van der Waals surface area contributed by atoms with E-state index in [-0.39, 0.29) is 11.2 Å². The molecule has 1 N–H and O–H groups in total. The molecular weight excluding hydrogens is 357 g/mol. The molecule has 2 aromatic rings. The Hall–Kier alpha value is -1.90. The number of likely N-dealkylation sites (tertiary alicyclic amines) is 1. The summed E-state index contributed by atoms with van der Waals surface area (Å²) in [6, 6.07) is 3.20. The molecule has 1 saturated heterocycles. The first-order chi connectivity index (χ1) is 13.0. The Balaban J connectivity index is 1.55. The summed E-state index contributed by atoms with van der Waals surface area (Å²) in [5, 5.41) is 14.2. The van der Waals surface area contributed by atoms with E-state index in [1.165, 1.54) is 44.6 Å². The molecule has 0 unspecified atom stereocenters. The summed E-state index contributed by atoms with van der Waals surface area (Å²) in [5.74, 6) is -0.667. The van der Waals surface area contributed by atoms with Gasteiger partial charge in [-0.25, -0.2) is 0 Å². The third kappa shape index (κ3) is 3.74. The Morgan fingerprint density at radius 1 is 0.963 bits per heavy atom. The van der Waals surface area contributed by atoms with Crippen LogP contribution >= 0.6 is 0 Å². The molecule has 0 amide bonds. The van der Waals surface area contributed by atoms with Crippen molar-refractivity contribution in [2.45, 2.75) is 63.1 Å². The van der Waals surface area contributed by atoms with Crippen molar-refractivity contribution >= 4 is 11.5 Å². The number of nitrogens with one attached hydrogen (secondary N) is 1. The molecule has 1 aliphatic heterocycles. The Morgan fingerprint density at radius 2 is 1.67 bits per heavy atom. The van der Waals surface area contributed by atoms with Crippen molar-refractivity contribution in [3.8, 4) is 0 Å². The van der Waals surface area contributed by atoms with Crippen LogP contribution in [0.15, 0.2) is 12.1 Å². The van der Waals surface area contributed by atoms with Crippen LogP contribution in [0.5, 0.6) is 0 Å². The van der Waals surface area contributed by atoms with E-state index < -0.39 is 12.0 Å². The van der Waals surface area contributed by atoms with Crippen LogP contribution in [0.25, 0.3) is 5.65 Å². The summed E-state index contributed by atoms with van der Waals surface area (Å²) >= 11 is 0. The number of hydrogen-bond donors (Lipinski definition) is 1. The van der Waals surface area contributed by atoms with Crippen LogP contribution in [0.2, 0.25) is 0 Å². The number of anilines is 1. The lowest BCUT2D eigenvalue weighted by Crippen LogP contribution is -2.56. The van der Waals surface area contributed by atoms with Crippen molar-refractivity contribution in [3.63, 3.8) is 0 Å². The average Bonchev–Trinajstić information content (AvgIpc) is 3.11. The van der Waals surface area contributed by atoms with Gasteiger partial charge in [0, 0.05) is 12.1 Å². The van der Waals surface area contributed by atoms with E-state index in [0.29, 0.717) is 12.4 Å². The highest BCUT2D eigenvalue weighted by molar-refractivity contribution is 5.44. The zero-order valence-corrected chi connectivity index (χ0v) is 15.3. The molecule has 0 spiro atoms.